The van der Waals surface area contributed by atoms with Gasteiger partial charge in [0.05, 0.1) is 19.4 Å². The van der Waals surface area contributed by atoms with E-state index < -0.39 is 5.97 Å². The van der Waals surface area contributed by atoms with Gasteiger partial charge in [-0.3, -0.25) is 4.57 Å². The minimum absolute atomic E-state index is 0.198. The molecule has 1 N–H and O–H groups in total. The van der Waals surface area contributed by atoms with Crippen LogP contribution in [-0.4, -0.2) is 34.3 Å². The molecule has 0 amide bonds. The Morgan fingerprint density at radius 3 is 2.69 bits per heavy atom. The van der Waals surface area contributed by atoms with Gasteiger partial charge in [-0.25, -0.2) is 9.78 Å². The maximum atomic E-state index is 12.1. The molecule has 0 fully saturated rings. The molecule has 1 aromatic carbocycles. The fourth-order valence-electron chi connectivity index (χ4n) is 2.74. The zero-order valence-electron chi connectivity index (χ0n) is 14.9. The van der Waals surface area contributed by atoms with Crippen LogP contribution >= 0.6 is 0 Å². The van der Waals surface area contributed by atoms with Gasteiger partial charge in [0.15, 0.2) is 0 Å². The number of benzene rings is 1. The lowest BCUT2D eigenvalue weighted by molar-refractivity contribution is 0.0522. The molecular formula is C20H20N2O4. The number of ether oxygens (including phenoxy) is 2. The summed E-state index contributed by atoms with van der Waals surface area (Å²) in [7, 11) is 1.49. The van der Waals surface area contributed by atoms with Crippen molar-refractivity contribution in [3.63, 3.8) is 0 Å². The largest absolute Gasteiger partial charge is 0.507 e. The van der Waals surface area contributed by atoms with Gasteiger partial charge in [-0.05, 0) is 43.7 Å². The number of pyridine rings is 1. The lowest BCUT2D eigenvalue weighted by Crippen LogP contribution is -2.07. The Hall–Kier alpha value is -3.28. The summed E-state index contributed by atoms with van der Waals surface area (Å²) in [4.78, 5) is 16.7. The molecule has 0 aliphatic heterocycles. The molecule has 0 bridgehead atoms. The Bertz CT molecular complexity index is 947. The summed E-state index contributed by atoms with van der Waals surface area (Å²) in [6.45, 7) is 3.87. The van der Waals surface area contributed by atoms with E-state index in [-0.39, 0.29) is 12.4 Å². The van der Waals surface area contributed by atoms with Crippen LogP contribution in [0.2, 0.25) is 0 Å². The number of carbonyl (C=O) groups is 1. The standard InChI is InChI=1S/C20H20N2O4/c1-4-26-20(24)15-11-12-22(19(15)25-3)17-10-6-9-16(21-17)14-8-5-7-13(2)18(14)23/h5-12,23H,4H2,1-3H3. The summed E-state index contributed by atoms with van der Waals surface area (Å²) in [5, 5.41) is 10.3. The van der Waals surface area contributed by atoms with Gasteiger partial charge in [0.1, 0.15) is 17.1 Å². The second kappa shape index (κ2) is 7.31. The average Bonchev–Trinajstić information content (AvgIpc) is 3.08. The predicted octanol–water partition coefficient (Wildman–Crippen LogP) is 3.74. The Kier molecular flexibility index (Phi) is 4.93. The van der Waals surface area contributed by atoms with Crippen LogP contribution in [0.3, 0.4) is 0 Å². The van der Waals surface area contributed by atoms with E-state index in [2.05, 4.69) is 4.98 Å². The van der Waals surface area contributed by atoms with Crippen molar-refractivity contribution in [2.24, 2.45) is 0 Å². The smallest absolute Gasteiger partial charge is 0.343 e. The molecule has 6 heteroatoms. The zero-order valence-corrected chi connectivity index (χ0v) is 14.9. The Labute approximate surface area is 151 Å². The fraction of sp³-hybridized carbons (Fsp3) is 0.200. The molecule has 0 radical (unpaired) electrons. The van der Waals surface area contributed by atoms with E-state index in [0.29, 0.717) is 28.5 Å². The summed E-state index contributed by atoms with van der Waals surface area (Å²) < 4.78 is 12.1. The second-order valence-corrected chi connectivity index (χ2v) is 5.68. The van der Waals surface area contributed by atoms with E-state index in [1.165, 1.54) is 7.11 Å². The number of phenols is 1. The first kappa shape index (κ1) is 17.5. The number of phenolic OH excluding ortho intramolecular Hbond substituents is 1. The van der Waals surface area contributed by atoms with Crippen molar-refractivity contribution in [1.29, 1.82) is 0 Å². The van der Waals surface area contributed by atoms with Gasteiger partial charge >= 0.3 is 5.97 Å². The molecule has 0 aliphatic carbocycles. The van der Waals surface area contributed by atoms with Crippen molar-refractivity contribution in [2.45, 2.75) is 13.8 Å². The number of hydrogen-bond donors (Lipinski definition) is 1. The van der Waals surface area contributed by atoms with Gasteiger partial charge in [-0.15, -0.1) is 0 Å². The molecule has 2 aromatic heterocycles. The van der Waals surface area contributed by atoms with E-state index in [1.807, 2.05) is 37.3 Å². The number of carbonyl (C=O) groups excluding carboxylic acids is 1. The van der Waals surface area contributed by atoms with Crippen molar-refractivity contribution in [3.05, 3.63) is 59.8 Å². The molecule has 0 aliphatic rings. The quantitative estimate of drug-likeness (QED) is 0.708. The van der Waals surface area contributed by atoms with Crippen molar-refractivity contribution >= 4 is 5.97 Å². The van der Waals surface area contributed by atoms with Gasteiger partial charge < -0.3 is 14.6 Å². The molecule has 2 heterocycles. The average molecular weight is 352 g/mol. The topological polar surface area (TPSA) is 73.6 Å². The number of aromatic nitrogens is 2. The van der Waals surface area contributed by atoms with Crippen LogP contribution in [0.25, 0.3) is 17.1 Å². The number of hydrogen-bond acceptors (Lipinski definition) is 5. The number of esters is 1. The summed E-state index contributed by atoms with van der Waals surface area (Å²) in [5.41, 5.74) is 2.37. The van der Waals surface area contributed by atoms with Crippen LogP contribution in [0.15, 0.2) is 48.7 Å². The molecule has 0 saturated heterocycles. The van der Waals surface area contributed by atoms with Crippen LogP contribution in [0.5, 0.6) is 11.6 Å². The third kappa shape index (κ3) is 3.13. The monoisotopic (exact) mass is 352 g/mol. The van der Waals surface area contributed by atoms with Crippen molar-refractivity contribution < 1.29 is 19.4 Å². The SMILES string of the molecule is CCOC(=O)c1ccn(-c2cccc(-c3cccc(C)c3O)n2)c1OC. The van der Waals surface area contributed by atoms with Crippen LogP contribution in [0, 0.1) is 6.92 Å². The number of nitrogens with zero attached hydrogens (tertiary/aromatic N) is 2. The Balaban J connectivity index is 2.06. The normalized spacial score (nSPS) is 10.6. The summed E-state index contributed by atoms with van der Waals surface area (Å²) in [5.74, 6) is 0.664. The summed E-state index contributed by atoms with van der Waals surface area (Å²) in [6.07, 6.45) is 1.70. The van der Waals surface area contributed by atoms with E-state index in [4.69, 9.17) is 9.47 Å². The highest BCUT2D eigenvalue weighted by Crippen LogP contribution is 2.32. The molecule has 0 unspecified atom stereocenters. The number of aryl methyl sites for hydroxylation is 1. The first-order valence-electron chi connectivity index (χ1n) is 8.25. The molecular weight excluding hydrogens is 332 g/mol. The highest BCUT2D eigenvalue weighted by atomic mass is 16.5. The van der Waals surface area contributed by atoms with Crippen LogP contribution in [0.1, 0.15) is 22.8 Å². The van der Waals surface area contributed by atoms with Crippen molar-refractivity contribution in [3.8, 4) is 28.7 Å². The van der Waals surface area contributed by atoms with Crippen LogP contribution in [-0.2, 0) is 4.74 Å². The van der Waals surface area contributed by atoms with E-state index in [1.54, 1.807) is 29.8 Å². The maximum Gasteiger partial charge on any atom is 0.343 e. The van der Waals surface area contributed by atoms with Crippen LogP contribution < -0.4 is 4.74 Å². The third-order valence-corrected chi connectivity index (χ3v) is 4.02. The minimum Gasteiger partial charge on any atom is -0.507 e. The maximum absolute atomic E-state index is 12.1. The molecule has 134 valence electrons. The van der Waals surface area contributed by atoms with Gasteiger partial charge in [0, 0.05) is 11.8 Å². The molecule has 26 heavy (non-hydrogen) atoms. The predicted molar refractivity (Wildman–Crippen MR) is 97.9 cm³/mol. The third-order valence-electron chi connectivity index (χ3n) is 4.02. The first-order chi connectivity index (χ1) is 12.6. The van der Waals surface area contributed by atoms with Crippen molar-refractivity contribution in [1.82, 2.24) is 9.55 Å². The van der Waals surface area contributed by atoms with Crippen LogP contribution in [0.4, 0.5) is 0 Å². The molecule has 0 spiro atoms. The molecule has 3 aromatic rings. The molecule has 3 rings (SSSR count). The highest BCUT2D eigenvalue weighted by Gasteiger charge is 2.19. The summed E-state index contributed by atoms with van der Waals surface area (Å²) >= 11 is 0. The first-order valence-corrected chi connectivity index (χ1v) is 8.25. The zero-order chi connectivity index (χ0) is 18.7. The fourth-order valence-corrected chi connectivity index (χ4v) is 2.74. The Morgan fingerprint density at radius 1 is 1.19 bits per heavy atom. The summed E-state index contributed by atoms with van der Waals surface area (Å²) in [6, 6.07) is 12.6. The lowest BCUT2D eigenvalue weighted by Gasteiger charge is -2.11. The van der Waals surface area contributed by atoms with E-state index >= 15 is 0 Å². The highest BCUT2D eigenvalue weighted by molar-refractivity contribution is 5.92. The van der Waals surface area contributed by atoms with Gasteiger partial charge in [0.2, 0.25) is 5.88 Å². The number of rotatable bonds is 5. The minimum atomic E-state index is -0.449. The molecule has 6 nitrogen and oxygen atoms in total. The van der Waals surface area contributed by atoms with Gasteiger partial charge in [-0.2, -0.15) is 0 Å². The number of methoxy groups -OCH3 is 1. The van der Waals surface area contributed by atoms with Crippen molar-refractivity contribution in [2.75, 3.05) is 13.7 Å². The second-order valence-electron chi connectivity index (χ2n) is 5.68. The number of aromatic hydroxyl groups is 1. The van der Waals surface area contributed by atoms with Gasteiger partial charge in [-0.1, -0.05) is 18.2 Å². The molecule has 0 saturated carbocycles. The van der Waals surface area contributed by atoms with E-state index in [9.17, 15) is 9.90 Å². The lowest BCUT2D eigenvalue weighted by atomic mass is 10.1. The Morgan fingerprint density at radius 2 is 1.96 bits per heavy atom. The van der Waals surface area contributed by atoms with E-state index in [0.717, 1.165) is 5.56 Å². The number of para-hydroxylation sites is 1. The van der Waals surface area contributed by atoms with Gasteiger partial charge in [0.25, 0.3) is 0 Å². The molecule has 0 atom stereocenters.